The molecule has 0 bridgehead atoms. The fourth-order valence-electron chi connectivity index (χ4n) is 3.28. The van der Waals surface area contributed by atoms with E-state index in [-0.39, 0.29) is 0 Å². The molecule has 0 saturated heterocycles. The van der Waals surface area contributed by atoms with Crippen LogP contribution in [-0.4, -0.2) is 33.1 Å². The number of aryl methyl sites for hydroxylation is 2. The molecular formula is C24H22N4O2S. The number of benzene rings is 2. The molecule has 0 spiro atoms. The first-order valence-electron chi connectivity index (χ1n) is 9.79. The Kier molecular flexibility index (Phi) is 6.13. The van der Waals surface area contributed by atoms with E-state index in [9.17, 15) is 4.79 Å². The molecule has 4 rings (SSSR count). The van der Waals surface area contributed by atoms with Crippen LogP contribution >= 0.6 is 11.8 Å². The average molecular weight is 431 g/mol. The molecule has 2 aromatic carbocycles. The lowest BCUT2D eigenvalue weighted by Gasteiger charge is -2.13. The maximum Gasteiger partial charge on any atom is 0.196 e. The van der Waals surface area contributed by atoms with Gasteiger partial charge in [-0.1, -0.05) is 17.8 Å². The first-order valence-corrected chi connectivity index (χ1v) is 10.8. The molecule has 2 aromatic heterocycles. The highest BCUT2D eigenvalue weighted by Gasteiger charge is 2.17. The number of nitrogens with zero attached hydrogens (tertiary/aromatic N) is 4. The van der Waals surface area contributed by atoms with Gasteiger partial charge in [-0.2, -0.15) is 0 Å². The zero-order valence-corrected chi connectivity index (χ0v) is 18.4. The van der Waals surface area contributed by atoms with Gasteiger partial charge in [0.05, 0.1) is 12.8 Å². The zero-order chi connectivity index (χ0) is 21.8. The molecule has 31 heavy (non-hydrogen) atoms. The maximum absolute atomic E-state index is 11.2. The molecule has 0 fully saturated rings. The number of pyridine rings is 1. The zero-order valence-electron chi connectivity index (χ0n) is 17.6. The van der Waals surface area contributed by atoms with E-state index in [1.54, 1.807) is 37.3 Å². The van der Waals surface area contributed by atoms with Crippen molar-refractivity contribution in [3.63, 3.8) is 0 Å². The molecule has 4 aromatic rings. The molecule has 0 aliphatic carbocycles. The van der Waals surface area contributed by atoms with Gasteiger partial charge in [0.15, 0.2) is 11.0 Å². The largest absolute Gasteiger partial charge is 0.496 e. The van der Waals surface area contributed by atoms with Crippen molar-refractivity contribution in [1.82, 2.24) is 19.7 Å². The second-order valence-electron chi connectivity index (χ2n) is 7.12. The Morgan fingerprint density at radius 2 is 1.81 bits per heavy atom. The highest BCUT2D eigenvalue weighted by molar-refractivity contribution is 7.98. The molecule has 0 atom stereocenters. The van der Waals surface area contributed by atoms with Gasteiger partial charge in [0, 0.05) is 34.8 Å². The van der Waals surface area contributed by atoms with Crippen LogP contribution in [0.2, 0.25) is 0 Å². The summed E-state index contributed by atoms with van der Waals surface area (Å²) in [6, 6.07) is 15.6. The molecule has 7 heteroatoms. The summed E-state index contributed by atoms with van der Waals surface area (Å²) in [6.07, 6.45) is 4.33. The number of ether oxygens (including phenoxy) is 1. The van der Waals surface area contributed by atoms with Gasteiger partial charge in [0.2, 0.25) is 0 Å². The summed E-state index contributed by atoms with van der Waals surface area (Å²) in [7, 11) is 1.63. The van der Waals surface area contributed by atoms with E-state index < -0.39 is 0 Å². The van der Waals surface area contributed by atoms with Gasteiger partial charge in [-0.05, 0) is 67.4 Å². The average Bonchev–Trinajstić information content (AvgIpc) is 3.23. The summed E-state index contributed by atoms with van der Waals surface area (Å²) in [5.74, 6) is 2.08. The number of methoxy groups -OCH3 is 1. The second kappa shape index (κ2) is 9.14. The van der Waals surface area contributed by atoms with Gasteiger partial charge in [0.1, 0.15) is 12.0 Å². The Bertz CT molecular complexity index is 1220. The van der Waals surface area contributed by atoms with Crippen molar-refractivity contribution in [3.05, 3.63) is 83.2 Å². The SMILES string of the molecule is COc1ccc(C=O)cc1CSc1nnc(-c2ccncc2)n1-c1ccc(C)c(C)c1. The lowest BCUT2D eigenvalue weighted by atomic mass is 10.1. The van der Waals surface area contributed by atoms with Crippen LogP contribution in [0.4, 0.5) is 0 Å². The van der Waals surface area contributed by atoms with E-state index in [0.29, 0.717) is 11.3 Å². The van der Waals surface area contributed by atoms with Crippen LogP contribution in [0.5, 0.6) is 5.75 Å². The summed E-state index contributed by atoms with van der Waals surface area (Å²) in [5, 5.41) is 9.72. The number of aldehydes is 1. The van der Waals surface area contributed by atoms with E-state index >= 15 is 0 Å². The molecule has 2 heterocycles. The predicted octanol–water partition coefficient (Wildman–Crippen LogP) is 5.06. The predicted molar refractivity (Wildman–Crippen MR) is 122 cm³/mol. The Morgan fingerprint density at radius 3 is 2.52 bits per heavy atom. The topological polar surface area (TPSA) is 69.9 Å². The van der Waals surface area contributed by atoms with Gasteiger partial charge in [-0.3, -0.25) is 14.3 Å². The van der Waals surface area contributed by atoms with E-state index in [0.717, 1.165) is 39.8 Å². The van der Waals surface area contributed by atoms with Crippen molar-refractivity contribution in [1.29, 1.82) is 0 Å². The molecule has 0 aliphatic heterocycles. The van der Waals surface area contributed by atoms with E-state index in [4.69, 9.17) is 4.74 Å². The van der Waals surface area contributed by atoms with Crippen molar-refractivity contribution >= 4 is 18.0 Å². The standard InChI is InChI=1S/C24H22N4O2S/c1-16-4-6-21(12-17(16)2)28-23(19-8-10-25-11-9-19)26-27-24(28)31-15-20-13-18(14-29)5-7-22(20)30-3/h4-14H,15H2,1-3H3. The van der Waals surface area contributed by atoms with Crippen molar-refractivity contribution in [3.8, 4) is 22.8 Å². The molecule has 0 radical (unpaired) electrons. The van der Waals surface area contributed by atoms with Gasteiger partial charge >= 0.3 is 0 Å². The van der Waals surface area contributed by atoms with Gasteiger partial charge < -0.3 is 4.74 Å². The second-order valence-corrected chi connectivity index (χ2v) is 8.07. The number of rotatable bonds is 7. The van der Waals surface area contributed by atoms with Crippen LogP contribution in [0, 0.1) is 13.8 Å². The van der Waals surface area contributed by atoms with E-state index in [2.05, 4.69) is 51.8 Å². The molecule has 6 nitrogen and oxygen atoms in total. The van der Waals surface area contributed by atoms with Crippen molar-refractivity contribution in [2.24, 2.45) is 0 Å². The summed E-state index contributed by atoms with van der Waals surface area (Å²) >= 11 is 1.55. The molecule has 0 N–H and O–H groups in total. The summed E-state index contributed by atoms with van der Waals surface area (Å²) < 4.78 is 7.53. The number of carbonyl (C=O) groups is 1. The Morgan fingerprint density at radius 1 is 1.00 bits per heavy atom. The van der Waals surface area contributed by atoms with Crippen LogP contribution in [0.15, 0.2) is 66.1 Å². The van der Waals surface area contributed by atoms with Crippen LogP contribution in [0.3, 0.4) is 0 Å². The third-order valence-electron chi connectivity index (χ3n) is 5.12. The number of hydrogen-bond acceptors (Lipinski definition) is 6. The van der Waals surface area contributed by atoms with Crippen molar-refractivity contribution in [2.75, 3.05) is 7.11 Å². The Labute approximate surface area is 185 Å². The summed E-state index contributed by atoms with van der Waals surface area (Å²) in [6.45, 7) is 4.19. The molecule has 0 amide bonds. The lowest BCUT2D eigenvalue weighted by Crippen LogP contribution is -2.01. The van der Waals surface area contributed by atoms with Crippen LogP contribution in [-0.2, 0) is 5.75 Å². The Hall–Kier alpha value is -3.45. The monoisotopic (exact) mass is 430 g/mol. The smallest absolute Gasteiger partial charge is 0.196 e. The van der Waals surface area contributed by atoms with Gasteiger partial charge in [0.25, 0.3) is 0 Å². The van der Waals surface area contributed by atoms with Gasteiger partial charge in [-0.25, -0.2) is 0 Å². The number of thioether (sulfide) groups is 1. The normalized spacial score (nSPS) is 10.8. The summed E-state index contributed by atoms with van der Waals surface area (Å²) in [4.78, 5) is 15.3. The molecule has 156 valence electrons. The first-order chi connectivity index (χ1) is 15.1. The van der Waals surface area contributed by atoms with E-state index in [1.807, 2.05) is 24.3 Å². The number of carbonyl (C=O) groups excluding carboxylic acids is 1. The minimum atomic E-state index is 0.587. The van der Waals surface area contributed by atoms with Crippen molar-refractivity contribution in [2.45, 2.75) is 24.8 Å². The highest BCUT2D eigenvalue weighted by atomic mass is 32.2. The first kappa shape index (κ1) is 20.8. The fraction of sp³-hybridized carbons (Fsp3) is 0.167. The minimum Gasteiger partial charge on any atom is -0.496 e. The molecule has 0 saturated carbocycles. The number of aromatic nitrogens is 4. The third kappa shape index (κ3) is 4.36. The number of hydrogen-bond donors (Lipinski definition) is 0. The Balaban J connectivity index is 1.76. The van der Waals surface area contributed by atoms with Crippen molar-refractivity contribution < 1.29 is 9.53 Å². The van der Waals surface area contributed by atoms with Gasteiger partial charge in [-0.15, -0.1) is 10.2 Å². The maximum atomic E-state index is 11.2. The summed E-state index contributed by atoms with van der Waals surface area (Å²) in [5.41, 5.74) is 5.90. The minimum absolute atomic E-state index is 0.587. The van der Waals surface area contributed by atoms with Crippen LogP contribution < -0.4 is 4.74 Å². The van der Waals surface area contributed by atoms with Crippen LogP contribution in [0.25, 0.3) is 17.1 Å². The molecule has 0 aliphatic rings. The van der Waals surface area contributed by atoms with E-state index in [1.165, 1.54) is 11.1 Å². The van der Waals surface area contributed by atoms with Crippen LogP contribution in [0.1, 0.15) is 27.0 Å². The fourth-order valence-corrected chi connectivity index (χ4v) is 4.21. The highest BCUT2D eigenvalue weighted by Crippen LogP contribution is 2.32. The lowest BCUT2D eigenvalue weighted by molar-refractivity contribution is 0.112. The third-order valence-corrected chi connectivity index (χ3v) is 6.10. The molecule has 0 unspecified atom stereocenters. The molecular weight excluding hydrogens is 408 g/mol. The quantitative estimate of drug-likeness (QED) is 0.302.